The van der Waals surface area contributed by atoms with Crippen LogP contribution in [-0.4, -0.2) is 21.3 Å². The summed E-state index contributed by atoms with van der Waals surface area (Å²) in [6.45, 7) is 0. The van der Waals surface area contributed by atoms with Gasteiger partial charge in [0.1, 0.15) is 0 Å². The number of fused-ring (bicyclic) bond motifs is 3. The number of anilines is 1. The van der Waals surface area contributed by atoms with Crippen molar-refractivity contribution in [2.45, 2.75) is 18.4 Å². The van der Waals surface area contributed by atoms with E-state index in [1.807, 2.05) is 0 Å². The number of benzene rings is 2. The maximum absolute atomic E-state index is 5.56. The van der Waals surface area contributed by atoms with Crippen LogP contribution >= 0.6 is 15.9 Å². The predicted octanol–water partition coefficient (Wildman–Crippen LogP) is 5.30. The average molecular weight is 416 g/mol. The molecule has 0 amide bonds. The highest BCUT2D eigenvalue weighted by atomic mass is 79.9. The summed E-state index contributed by atoms with van der Waals surface area (Å²) in [5.41, 5.74) is 3.65. The number of hydrogen-bond acceptors (Lipinski definition) is 4. The zero-order valence-electron chi connectivity index (χ0n) is 15.1. The van der Waals surface area contributed by atoms with Crippen LogP contribution in [0.5, 0.6) is 17.2 Å². The summed E-state index contributed by atoms with van der Waals surface area (Å²) in [4.78, 5) is 0. The average Bonchev–Trinajstić information content (AvgIpc) is 3.16. The molecule has 5 heteroatoms. The van der Waals surface area contributed by atoms with Crippen LogP contribution in [0.4, 0.5) is 5.69 Å². The van der Waals surface area contributed by atoms with Crippen LogP contribution in [0.25, 0.3) is 0 Å². The molecule has 4 nitrogen and oxygen atoms in total. The van der Waals surface area contributed by atoms with Gasteiger partial charge in [0.2, 0.25) is 5.75 Å². The Balaban J connectivity index is 1.82. The van der Waals surface area contributed by atoms with Crippen molar-refractivity contribution >= 4 is 21.6 Å². The Morgan fingerprint density at radius 1 is 1.04 bits per heavy atom. The van der Waals surface area contributed by atoms with Gasteiger partial charge in [0, 0.05) is 10.4 Å². The quantitative estimate of drug-likeness (QED) is 0.687. The third kappa shape index (κ3) is 2.65. The lowest BCUT2D eigenvalue weighted by atomic mass is 9.77. The summed E-state index contributed by atoms with van der Waals surface area (Å²) in [6, 6.07) is 10.7. The molecule has 26 heavy (non-hydrogen) atoms. The molecule has 1 aliphatic heterocycles. The molecule has 136 valence electrons. The van der Waals surface area contributed by atoms with Crippen molar-refractivity contribution in [3.63, 3.8) is 0 Å². The van der Waals surface area contributed by atoms with E-state index in [-0.39, 0.29) is 6.04 Å². The van der Waals surface area contributed by atoms with E-state index in [2.05, 4.69) is 63.7 Å². The Morgan fingerprint density at radius 3 is 2.42 bits per heavy atom. The molecule has 2 aliphatic rings. The number of nitrogens with one attached hydrogen (secondary N) is 1. The Bertz CT molecular complexity index is 839. The van der Waals surface area contributed by atoms with E-state index in [0.717, 1.165) is 16.5 Å². The number of rotatable bonds is 4. The van der Waals surface area contributed by atoms with E-state index in [4.69, 9.17) is 14.2 Å². The van der Waals surface area contributed by atoms with Gasteiger partial charge in [-0.05, 0) is 57.6 Å². The number of ether oxygens (including phenoxy) is 3. The summed E-state index contributed by atoms with van der Waals surface area (Å²) in [5.74, 6) is 2.86. The third-order valence-electron chi connectivity index (χ3n) is 5.39. The Labute approximate surface area is 162 Å². The first-order chi connectivity index (χ1) is 12.7. The minimum atomic E-state index is 0.162. The molecule has 2 aromatic carbocycles. The number of para-hydroxylation sites is 1. The van der Waals surface area contributed by atoms with Crippen molar-refractivity contribution in [3.05, 3.63) is 58.1 Å². The largest absolute Gasteiger partial charge is 0.493 e. The summed E-state index contributed by atoms with van der Waals surface area (Å²) < 4.78 is 17.7. The van der Waals surface area contributed by atoms with Crippen LogP contribution in [0, 0.1) is 5.92 Å². The Hall–Kier alpha value is -2.14. The van der Waals surface area contributed by atoms with Gasteiger partial charge in [-0.25, -0.2) is 0 Å². The minimum Gasteiger partial charge on any atom is -0.493 e. The monoisotopic (exact) mass is 415 g/mol. The highest BCUT2D eigenvalue weighted by molar-refractivity contribution is 9.10. The van der Waals surface area contributed by atoms with Gasteiger partial charge in [-0.1, -0.05) is 24.3 Å². The lowest BCUT2D eigenvalue weighted by Gasteiger charge is -2.38. The third-order valence-corrected chi connectivity index (χ3v) is 6.05. The normalized spacial score (nSPS) is 23.0. The molecule has 3 atom stereocenters. The van der Waals surface area contributed by atoms with Crippen molar-refractivity contribution < 1.29 is 14.2 Å². The highest BCUT2D eigenvalue weighted by Gasteiger charge is 2.39. The molecule has 0 bridgehead atoms. The lowest BCUT2D eigenvalue weighted by molar-refractivity contribution is 0.322. The van der Waals surface area contributed by atoms with Crippen LogP contribution in [0.3, 0.4) is 0 Å². The maximum Gasteiger partial charge on any atom is 0.203 e. The SMILES string of the molecule is COc1cc(C2Nc3c(Br)cccc3C3C=CCC32)cc(OC)c1OC. The van der Waals surface area contributed by atoms with Crippen molar-refractivity contribution in [1.82, 2.24) is 0 Å². The smallest absolute Gasteiger partial charge is 0.203 e. The molecule has 4 rings (SSSR count). The summed E-state index contributed by atoms with van der Waals surface area (Å²) in [7, 11) is 4.94. The second kappa shape index (κ2) is 6.88. The van der Waals surface area contributed by atoms with Crippen LogP contribution in [-0.2, 0) is 0 Å². The molecule has 0 saturated heterocycles. The molecular formula is C21H22BrNO3. The zero-order valence-corrected chi connectivity index (χ0v) is 16.7. The fourth-order valence-corrected chi connectivity index (χ4v) is 4.69. The van der Waals surface area contributed by atoms with Gasteiger partial charge in [-0.3, -0.25) is 0 Å². The van der Waals surface area contributed by atoms with Crippen molar-refractivity contribution in [2.24, 2.45) is 5.92 Å². The van der Waals surface area contributed by atoms with Crippen LogP contribution in [0.15, 0.2) is 47.0 Å². The summed E-state index contributed by atoms with van der Waals surface area (Å²) >= 11 is 3.70. The van der Waals surface area contributed by atoms with Crippen LogP contribution < -0.4 is 19.5 Å². The van der Waals surface area contributed by atoms with E-state index in [0.29, 0.717) is 29.1 Å². The molecule has 0 fully saturated rings. The first-order valence-corrected chi connectivity index (χ1v) is 9.48. The van der Waals surface area contributed by atoms with E-state index < -0.39 is 0 Å². The molecule has 1 N–H and O–H groups in total. The van der Waals surface area contributed by atoms with E-state index >= 15 is 0 Å². The molecule has 1 heterocycles. The molecule has 0 aromatic heterocycles. The van der Waals surface area contributed by atoms with Crippen LogP contribution in [0.2, 0.25) is 0 Å². The molecule has 2 aromatic rings. The summed E-state index contributed by atoms with van der Waals surface area (Å²) in [5, 5.41) is 3.75. The van der Waals surface area contributed by atoms with Gasteiger partial charge in [-0.15, -0.1) is 0 Å². The summed E-state index contributed by atoms with van der Waals surface area (Å²) in [6.07, 6.45) is 5.67. The fourth-order valence-electron chi connectivity index (χ4n) is 4.19. The number of hydrogen-bond donors (Lipinski definition) is 1. The highest BCUT2D eigenvalue weighted by Crippen LogP contribution is 2.53. The molecule has 3 unspecified atom stereocenters. The first kappa shape index (κ1) is 17.3. The Morgan fingerprint density at radius 2 is 1.77 bits per heavy atom. The molecule has 0 spiro atoms. The van der Waals surface area contributed by atoms with Gasteiger partial charge in [0.15, 0.2) is 11.5 Å². The number of halogens is 1. The molecular weight excluding hydrogens is 394 g/mol. The van der Waals surface area contributed by atoms with Crippen molar-refractivity contribution in [1.29, 1.82) is 0 Å². The van der Waals surface area contributed by atoms with E-state index in [1.165, 1.54) is 11.3 Å². The van der Waals surface area contributed by atoms with Gasteiger partial charge in [-0.2, -0.15) is 0 Å². The van der Waals surface area contributed by atoms with Gasteiger partial charge < -0.3 is 19.5 Å². The van der Waals surface area contributed by atoms with Crippen molar-refractivity contribution in [3.8, 4) is 17.2 Å². The zero-order chi connectivity index (χ0) is 18.3. The van der Waals surface area contributed by atoms with E-state index in [1.54, 1.807) is 21.3 Å². The van der Waals surface area contributed by atoms with Gasteiger partial charge in [0.05, 0.1) is 33.1 Å². The minimum absolute atomic E-state index is 0.162. The molecule has 0 radical (unpaired) electrons. The maximum atomic E-state index is 5.56. The fraction of sp³-hybridized carbons (Fsp3) is 0.333. The Kier molecular flexibility index (Phi) is 4.57. The number of methoxy groups -OCH3 is 3. The second-order valence-electron chi connectivity index (χ2n) is 6.64. The second-order valence-corrected chi connectivity index (χ2v) is 7.49. The van der Waals surface area contributed by atoms with Crippen molar-refractivity contribution in [2.75, 3.05) is 26.6 Å². The lowest BCUT2D eigenvalue weighted by Crippen LogP contribution is -2.29. The molecule has 1 aliphatic carbocycles. The first-order valence-electron chi connectivity index (χ1n) is 8.69. The van der Waals surface area contributed by atoms with Crippen LogP contribution in [0.1, 0.15) is 29.5 Å². The topological polar surface area (TPSA) is 39.7 Å². The molecule has 0 saturated carbocycles. The van der Waals surface area contributed by atoms with E-state index in [9.17, 15) is 0 Å². The number of allylic oxidation sites excluding steroid dienone is 2. The van der Waals surface area contributed by atoms with Gasteiger partial charge >= 0.3 is 0 Å². The predicted molar refractivity (Wildman–Crippen MR) is 107 cm³/mol. The van der Waals surface area contributed by atoms with Gasteiger partial charge in [0.25, 0.3) is 0 Å². The standard InChI is InChI=1S/C21H22BrNO3/c1-24-17-10-12(11-18(25-2)21(17)26-3)19-14-7-4-6-13(14)15-8-5-9-16(22)20(15)23-19/h4-6,8-11,13-14,19,23H,7H2,1-3H3.